The van der Waals surface area contributed by atoms with Crippen LogP contribution in [-0.2, 0) is 14.9 Å². The van der Waals surface area contributed by atoms with Crippen LogP contribution in [0.2, 0.25) is 0 Å². The van der Waals surface area contributed by atoms with Gasteiger partial charge in [-0.2, -0.15) is 0 Å². The molecular formula is C15H17BrN2O3S. The highest BCUT2D eigenvalue weighted by Gasteiger charge is 2.16. The van der Waals surface area contributed by atoms with Crippen molar-refractivity contribution in [3.05, 3.63) is 45.6 Å². The van der Waals surface area contributed by atoms with Crippen molar-refractivity contribution in [2.45, 2.75) is 12.3 Å². The Labute approximate surface area is 141 Å². The average molecular weight is 385 g/mol. The Kier molecular flexibility index (Phi) is 7.62. The lowest BCUT2D eigenvalue weighted by Gasteiger charge is -2.09. The summed E-state index contributed by atoms with van der Waals surface area (Å²) in [6.07, 6.45) is 0. The topological polar surface area (TPSA) is 67.4 Å². The molecule has 2 aromatic rings. The van der Waals surface area contributed by atoms with Gasteiger partial charge in [-0.3, -0.25) is 5.43 Å². The largest absolute Gasteiger partial charge is 0.465 e. The molecule has 118 valence electrons. The van der Waals surface area contributed by atoms with Gasteiger partial charge < -0.3 is 15.0 Å². The van der Waals surface area contributed by atoms with Gasteiger partial charge in [0.15, 0.2) is 0 Å². The van der Waals surface area contributed by atoms with Gasteiger partial charge in [-0.05, 0) is 25.1 Å². The highest BCUT2D eigenvalue weighted by Crippen LogP contribution is 2.29. The van der Waals surface area contributed by atoms with E-state index in [9.17, 15) is 4.79 Å². The van der Waals surface area contributed by atoms with Crippen LogP contribution in [0.5, 0.6) is 0 Å². The average Bonchev–Trinajstić information content (AvgIpc) is 2.99. The SMILES string of the molecule is C=O.COC(=O)c1sc(CBr)cc1NNc1ccc(C)cc1. The van der Waals surface area contributed by atoms with Crippen molar-refractivity contribution in [1.29, 1.82) is 0 Å². The van der Waals surface area contributed by atoms with Crippen LogP contribution in [0.25, 0.3) is 0 Å². The van der Waals surface area contributed by atoms with Crippen molar-refractivity contribution in [3.8, 4) is 0 Å². The van der Waals surface area contributed by atoms with Crippen molar-refractivity contribution >= 4 is 51.4 Å². The fraction of sp³-hybridized carbons (Fsp3) is 0.200. The number of carbonyl (C=O) groups excluding carboxylic acids is 2. The molecule has 0 aliphatic heterocycles. The summed E-state index contributed by atoms with van der Waals surface area (Å²) < 4.78 is 4.79. The van der Waals surface area contributed by atoms with Crippen LogP contribution >= 0.6 is 27.3 Å². The second-order valence-corrected chi connectivity index (χ2v) is 5.89. The number of alkyl halides is 1. The van der Waals surface area contributed by atoms with Gasteiger partial charge in [-0.25, -0.2) is 4.79 Å². The number of rotatable bonds is 5. The molecule has 1 aromatic heterocycles. The molecule has 0 spiro atoms. The standard InChI is InChI=1S/C14H15BrN2O2S.CH2O/c1-9-3-5-10(6-4-9)16-17-12-7-11(8-15)20-13(12)14(18)19-2;1-2/h3-7,16-17H,8H2,1-2H3;1H2. The maximum absolute atomic E-state index is 11.7. The maximum atomic E-state index is 11.7. The third-order valence-corrected chi connectivity index (χ3v) is 4.77. The molecule has 0 aliphatic carbocycles. The first-order chi connectivity index (χ1) is 10.6. The molecule has 7 heteroatoms. The summed E-state index contributed by atoms with van der Waals surface area (Å²) in [5.74, 6) is -0.338. The number of methoxy groups -OCH3 is 1. The number of nitrogens with one attached hydrogen (secondary N) is 2. The fourth-order valence-electron chi connectivity index (χ4n) is 1.62. The predicted octanol–water partition coefficient (Wildman–Crippen LogP) is 3.99. The van der Waals surface area contributed by atoms with E-state index in [1.54, 1.807) is 0 Å². The number of aryl methyl sites for hydroxylation is 1. The van der Waals surface area contributed by atoms with E-state index in [-0.39, 0.29) is 5.97 Å². The molecule has 2 rings (SSSR count). The molecule has 0 saturated heterocycles. The Hall–Kier alpha value is -1.86. The molecule has 5 nitrogen and oxygen atoms in total. The maximum Gasteiger partial charge on any atom is 0.350 e. The summed E-state index contributed by atoms with van der Waals surface area (Å²) in [5, 5.41) is 0.702. The van der Waals surface area contributed by atoms with E-state index in [2.05, 4.69) is 26.8 Å². The van der Waals surface area contributed by atoms with E-state index in [0.29, 0.717) is 10.2 Å². The first kappa shape index (κ1) is 18.2. The zero-order chi connectivity index (χ0) is 16.5. The van der Waals surface area contributed by atoms with Gasteiger partial charge in [0.25, 0.3) is 0 Å². The quantitative estimate of drug-likeness (QED) is 0.463. The van der Waals surface area contributed by atoms with Crippen LogP contribution in [0.4, 0.5) is 11.4 Å². The fourth-order valence-corrected chi connectivity index (χ4v) is 3.01. The molecule has 0 saturated carbocycles. The minimum Gasteiger partial charge on any atom is -0.465 e. The first-order valence-corrected chi connectivity index (χ1v) is 8.22. The Morgan fingerprint density at radius 1 is 1.27 bits per heavy atom. The highest BCUT2D eigenvalue weighted by molar-refractivity contribution is 9.08. The summed E-state index contributed by atoms with van der Waals surface area (Å²) in [7, 11) is 1.38. The van der Waals surface area contributed by atoms with Gasteiger partial charge >= 0.3 is 5.97 Å². The third-order valence-electron chi connectivity index (χ3n) is 2.68. The number of halogens is 1. The molecule has 0 fully saturated rings. The van der Waals surface area contributed by atoms with Crippen LogP contribution in [0.15, 0.2) is 30.3 Å². The number of hydrogen-bond donors (Lipinski definition) is 2. The lowest BCUT2D eigenvalue weighted by atomic mass is 10.2. The smallest absolute Gasteiger partial charge is 0.350 e. The van der Waals surface area contributed by atoms with Crippen LogP contribution in [-0.4, -0.2) is 19.9 Å². The van der Waals surface area contributed by atoms with Crippen LogP contribution in [0.3, 0.4) is 0 Å². The van der Waals surface area contributed by atoms with Gasteiger partial charge in [0.2, 0.25) is 0 Å². The summed E-state index contributed by atoms with van der Waals surface area (Å²) in [6, 6.07) is 9.90. The van der Waals surface area contributed by atoms with Gasteiger partial charge in [-0.15, -0.1) is 11.3 Å². The zero-order valence-electron chi connectivity index (χ0n) is 12.3. The third kappa shape index (κ3) is 4.85. The lowest BCUT2D eigenvalue weighted by Crippen LogP contribution is -2.11. The van der Waals surface area contributed by atoms with Crippen LogP contribution in [0.1, 0.15) is 20.1 Å². The van der Waals surface area contributed by atoms with E-state index >= 15 is 0 Å². The van der Waals surface area contributed by atoms with Crippen LogP contribution in [0, 0.1) is 6.92 Å². The molecule has 0 unspecified atom stereocenters. The van der Waals surface area contributed by atoms with Crippen molar-refractivity contribution in [3.63, 3.8) is 0 Å². The van der Waals surface area contributed by atoms with Gasteiger partial charge in [0.1, 0.15) is 11.7 Å². The van der Waals surface area contributed by atoms with Crippen molar-refractivity contribution in [2.75, 3.05) is 18.0 Å². The number of benzene rings is 1. The second kappa shape index (κ2) is 9.22. The summed E-state index contributed by atoms with van der Waals surface area (Å²) >= 11 is 4.80. The second-order valence-electron chi connectivity index (χ2n) is 4.20. The number of ether oxygens (including phenoxy) is 1. The molecule has 1 heterocycles. The van der Waals surface area contributed by atoms with Crippen LogP contribution < -0.4 is 10.9 Å². The predicted molar refractivity (Wildman–Crippen MR) is 93.8 cm³/mol. The monoisotopic (exact) mass is 384 g/mol. The van der Waals surface area contributed by atoms with Crippen molar-refractivity contribution in [2.24, 2.45) is 0 Å². The Balaban J connectivity index is 0.00000116. The van der Waals surface area contributed by atoms with E-state index in [4.69, 9.17) is 9.53 Å². The van der Waals surface area contributed by atoms with Gasteiger partial charge in [0.05, 0.1) is 18.5 Å². The molecule has 1 aromatic carbocycles. The molecule has 0 aliphatic rings. The molecule has 0 radical (unpaired) electrons. The number of hydrogen-bond acceptors (Lipinski definition) is 6. The number of esters is 1. The van der Waals surface area contributed by atoms with Crippen molar-refractivity contribution in [1.82, 2.24) is 0 Å². The molecule has 0 amide bonds. The lowest BCUT2D eigenvalue weighted by molar-refractivity contribution is -0.0980. The number of hydrazine groups is 1. The summed E-state index contributed by atoms with van der Waals surface area (Å²) in [4.78, 5) is 21.3. The van der Waals surface area contributed by atoms with E-state index in [1.807, 2.05) is 44.0 Å². The van der Waals surface area contributed by atoms with Gasteiger partial charge in [-0.1, -0.05) is 33.6 Å². The molecule has 0 atom stereocenters. The summed E-state index contributed by atoms with van der Waals surface area (Å²) in [6.45, 7) is 4.04. The minimum absolute atomic E-state index is 0.338. The van der Waals surface area contributed by atoms with Crippen molar-refractivity contribution < 1.29 is 14.3 Å². The molecular weight excluding hydrogens is 368 g/mol. The minimum atomic E-state index is -0.338. The van der Waals surface area contributed by atoms with E-state index in [1.165, 1.54) is 24.0 Å². The number of carbonyl (C=O) groups is 2. The summed E-state index contributed by atoms with van der Waals surface area (Å²) in [5.41, 5.74) is 8.98. The first-order valence-electron chi connectivity index (χ1n) is 6.28. The molecule has 22 heavy (non-hydrogen) atoms. The van der Waals surface area contributed by atoms with E-state index < -0.39 is 0 Å². The molecule has 2 N–H and O–H groups in total. The Morgan fingerprint density at radius 3 is 2.45 bits per heavy atom. The normalized spacial score (nSPS) is 9.41. The Morgan fingerprint density at radius 2 is 1.91 bits per heavy atom. The van der Waals surface area contributed by atoms with Gasteiger partial charge in [0, 0.05) is 10.2 Å². The van der Waals surface area contributed by atoms with E-state index in [0.717, 1.165) is 16.3 Å². The molecule has 0 bridgehead atoms. The Bertz CT molecular complexity index is 614. The highest BCUT2D eigenvalue weighted by atomic mass is 79.9. The number of thiophene rings is 1. The number of anilines is 2. The zero-order valence-corrected chi connectivity index (χ0v) is 14.7.